The Morgan fingerprint density at radius 2 is 2.26 bits per heavy atom. The SMILES string of the molecule is CCC(C)NC(=O)CSc1nnnn1C1CCCC1. The van der Waals surface area contributed by atoms with Gasteiger partial charge in [-0.3, -0.25) is 4.79 Å². The standard InChI is InChI=1S/C12H21N5OS/c1-3-9(2)13-11(18)8-19-12-14-15-16-17(12)10-6-4-5-7-10/h9-10H,3-8H2,1-2H3,(H,13,18). The third-order valence-corrected chi connectivity index (χ3v) is 4.42. The highest BCUT2D eigenvalue weighted by molar-refractivity contribution is 7.99. The molecule has 6 nitrogen and oxygen atoms in total. The van der Waals surface area contributed by atoms with Gasteiger partial charge >= 0.3 is 0 Å². The second-order valence-corrected chi connectivity index (χ2v) is 5.95. The fourth-order valence-electron chi connectivity index (χ4n) is 2.21. The van der Waals surface area contributed by atoms with Crippen LogP contribution in [0.4, 0.5) is 0 Å². The van der Waals surface area contributed by atoms with E-state index < -0.39 is 0 Å². The Morgan fingerprint density at radius 1 is 1.53 bits per heavy atom. The van der Waals surface area contributed by atoms with E-state index in [1.165, 1.54) is 24.6 Å². The normalized spacial score (nSPS) is 17.6. The molecule has 1 heterocycles. The first-order valence-corrected chi connectivity index (χ1v) is 7.89. The third-order valence-electron chi connectivity index (χ3n) is 3.49. The van der Waals surface area contributed by atoms with Gasteiger partial charge < -0.3 is 5.32 Å². The Bertz CT molecular complexity index is 416. The van der Waals surface area contributed by atoms with Crippen LogP contribution in [0.5, 0.6) is 0 Å². The lowest BCUT2D eigenvalue weighted by molar-refractivity contribution is -0.119. The van der Waals surface area contributed by atoms with Crippen molar-refractivity contribution in [3.05, 3.63) is 0 Å². The van der Waals surface area contributed by atoms with E-state index >= 15 is 0 Å². The van der Waals surface area contributed by atoms with Crippen molar-refractivity contribution < 1.29 is 4.79 Å². The average Bonchev–Trinajstić information content (AvgIpc) is 3.06. The Hall–Kier alpha value is -1.11. The summed E-state index contributed by atoms with van der Waals surface area (Å²) >= 11 is 1.42. The fraction of sp³-hybridized carbons (Fsp3) is 0.833. The molecule has 1 fully saturated rings. The molecular formula is C12H21N5OS. The molecule has 0 saturated heterocycles. The molecule has 7 heteroatoms. The molecule has 2 rings (SSSR count). The number of carbonyl (C=O) groups is 1. The van der Waals surface area contributed by atoms with E-state index in [1.807, 2.05) is 11.6 Å². The smallest absolute Gasteiger partial charge is 0.230 e. The van der Waals surface area contributed by atoms with Gasteiger partial charge in [-0.05, 0) is 36.6 Å². The molecule has 1 saturated carbocycles. The van der Waals surface area contributed by atoms with Crippen LogP contribution in [0.15, 0.2) is 5.16 Å². The minimum atomic E-state index is 0.0420. The first-order valence-electron chi connectivity index (χ1n) is 6.90. The van der Waals surface area contributed by atoms with Gasteiger partial charge in [-0.25, -0.2) is 4.68 Å². The molecule has 0 bridgehead atoms. The van der Waals surface area contributed by atoms with Gasteiger partial charge in [-0.2, -0.15) is 0 Å². The second-order valence-electron chi connectivity index (χ2n) is 5.01. The summed E-state index contributed by atoms with van der Waals surface area (Å²) in [5.74, 6) is 0.414. The predicted molar refractivity (Wildman–Crippen MR) is 73.9 cm³/mol. The Morgan fingerprint density at radius 3 is 2.95 bits per heavy atom. The van der Waals surface area contributed by atoms with Crippen molar-refractivity contribution in [3.8, 4) is 0 Å². The van der Waals surface area contributed by atoms with Crippen LogP contribution in [0.3, 0.4) is 0 Å². The number of thioether (sulfide) groups is 1. The molecule has 1 unspecified atom stereocenters. The maximum atomic E-state index is 11.7. The first-order chi connectivity index (χ1) is 9.20. The minimum absolute atomic E-state index is 0.0420. The highest BCUT2D eigenvalue weighted by Gasteiger charge is 2.22. The quantitative estimate of drug-likeness (QED) is 0.806. The molecule has 1 aliphatic rings. The lowest BCUT2D eigenvalue weighted by Gasteiger charge is -2.12. The number of amides is 1. The van der Waals surface area contributed by atoms with Crippen LogP contribution in [-0.2, 0) is 4.79 Å². The summed E-state index contributed by atoms with van der Waals surface area (Å²) in [6.07, 6.45) is 5.69. The van der Waals surface area contributed by atoms with E-state index in [4.69, 9.17) is 0 Å². The summed E-state index contributed by atoms with van der Waals surface area (Å²) in [4.78, 5) is 11.7. The van der Waals surface area contributed by atoms with E-state index in [0.29, 0.717) is 11.8 Å². The van der Waals surface area contributed by atoms with Crippen molar-refractivity contribution in [1.29, 1.82) is 0 Å². The number of carbonyl (C=O) groups excluding carboxylic acids is 1. The molecule has 0 radical (unpaired) electrons. The fourth-order valence-corrected chi connectivity index (χ4v) is 2.96. The maximum Gasteiger partial charge on any atom is 0.230 e. The number of hydrogen-bond donors (Lipinski definition) is 1. The van der Waals surface area contributed by atoms with Gasteiger partial charge in [0.1, 0.15) is 0 Å². The summed E-state index contributed by atoms with van der Waals surface area (Å²) in [5, 5.41) is 15.5. The number of tetrazole rings is 1. The zero-order chi connectivity index (χ0) is 13.7. The van der Waals surface area contributed by atoms with Gasteiger partial charge in [0.05, 0.1) is 11.8 Å². The van der Waals surface area contributed by atoms with Gasteiger partial charge in [0.25, 0.3) is 0 Å². The van der Waals surface area contributed by atoms with Gasteiger partial charge in [0, 0.05) is 6.04 Å². The van der Waals surface area contributed by atoms with Crippen molar-refractivity contribution >= 4 is 17.7 Å². The van der Waals surface area contributed by atoms with Crippen molar-refractivity contribution in [2.45, 2.75) is 63.2 Å². The first kappa shape index (κ1) is 14.3. The monoisotopic (exact) mass is 283 g/mol. The number of nitrogens with one attached hydrogen (secondary N) is 1. The average molecular weight is 283 g/mol. The van der Waals surface area contributed by atoms with Crippen molar-refractivity contribution in [3.63, 3.8) is 0 Å². The zero-order valence-electron chi connectivity index (χ0n) is 11.5. The van der Waals surface area contributed by atoms with E-state index in [-0.39, 0.29) is 11.9 Å². The molecule has 1 atom stereocenters. The van der Waals surface area contributed by atoms with E-state index in [0.717, 1.165) is 24.4 Å². The summed E-state index contributed by atoms with van der Waals surface area (Å²) in [6, 6.07) is 0.633. The van der Waals surface area contributed by atoms with Gasteiger partial charge in [0.2, 0.25) is 11.1 Å². The summed E-state index contributed by atoms with van der Waals surface area (Å²) in [5.41, 5.74) is 0. The van der Waals surface area contributed by atoms with Crippen LogP contribution in [0.2, 0.25) is 0 Å². The molecule has 106 valence electrons. The number of hydrogen-bond acceptors (Lipinski definition) is 5. The zero-order valence-corrected chi connectivity index (χ0v) is 12.3. The number of aromatic nitrogens is 4. The lowest BCUT2D eigenvalue weighted by atomic mass is 10.3. The Balaban J connectivity index is 1.86. The Labute approximate surface area is 117 Å². The van der Waals surface area contributed by atoms with E-state index in [2.05, 4.69) is 27.8 Å². The summed E-state index contributed by atoms with van der Waals surface area (Å²) < 4.78 is 1.88. The summed E-state index contributed by atoms with van der Waals surface area (Å²) in [6.45, 7) is 4.06. The number of rotatable bonds is 6. The van der Waals surface area contributed by atoms with Crippen LogP contribution >= 0.6 is 11.8 Å². The van der Waals surface area contributed by atoms with Crippen LogP contribution in [0.1, 0.15) is 52.0 Å². The number of nitrogens with zero attached hydrogens (tertiary/aromatic N) is 4. The van der Waals surface area contributed by atoms with Crippen LogP contribution in [0, 0.1) is 0 Å². The molecule has 1 aliphatic carbocycles. The minimum Gasteiger partial charge on any atom is -0.353 e. The predicted octanol–water partition coefficient (Wildman–Crippen LogP) is 1.79. The van der Waals surface area contributed by atoms with Crippen molar-refractivity contribution in [1.82, 2.24) is 25.5 Å². The highest BCUT2D eigenvalue weighted by Crippen LogP contribution is 2.31. The van der Waals surface area contributed by atoms with Crippen molar-refractivity contribution in [2.24, 2.45) is 0 Å². The van der Waals surface area contributed by atoms with Crippen LogP contribution in [-0.4, -0.2) is 37.9 Å². The lowest BCUT2D eigenvalue weighted by Crippen LogP contribution is -2.33. The van der Waals surface area contributed by atoms with E-state index in [9.17, 15) is 4.79 Å². The third kappa shape index (κ3) is 3.92. The molecule has 0 aromatic carbocycles. The van der Waals surface area contributed by atoms with Gasteiger partial charge in [0.15, 0.2) is 0 Å². The molecular weight excluding hydrogens is 262 g/mol. The second kappa shape index (κ2) is 6.88. The van der Waals surface area contributed by atoms with Crippen molar-refractivity contribution in [2.75, 3.05) is 5.75 Å². The van der Waals surface area contributed by atoms with Gasteiger partial charge in [-0.1, -0.05) is 31.5 Å². The van der Waals surface area contributed by atoms with Crippen LogP contribution in [0.25, 0.3) is 0 Å². The molecule has 0 spiro atoms. The Kier molecular flexibility index (Phi) is 5.18. The molecule has 0 aliphatic heterocycles. The molecule has 1 aromatic rings. The van der Waals surface area contributed by atoms with Gasteiger partial charge in [-0.15, -0.1) is 5.10 Å². The van der Waals surface area contributed by atoms with Crippen LogP contribution < -0.4 is 5.32 Å². The molecule has 1 aromatic heterocycles. The summed E-state index contributed by atoms with van der Waals surface area (Å²) in [7, 11) is 0. The largest absolute Gasteiger partial charge is 0.353 e. The molecule has 1 amide bonds. The molecule has 19 heavy (non-hydrogen) atoms. The topological polar surface area (TPSA) is 72.7 Å². The highest BCUT2D eigenvalue weighted by atomic mass is 32.2. The molecule has 1 N–H and O–H groups in total. The maximum absolute atomic E-state index is 11.7. The van der Waals surface area contributed by atoms with E-state index in [1.54, 1.807) is 0 Å².